The van der Waals surface area contributed by atoms with E-state index < -0.39 is 17.6 Å². The predicted molar refractivity (Wildman–Crippen MR) is 62.1 cm³/mol. The third kappa shape index (κ3) is 5.85. The number of carbonyl (C=O) groups excluding carboxylic acids is 1. The van der Waals surface area contributed by atoms with Crippen LogP contribution in [-0.4, -0.2) is 23.2 Å². The second-order valence-corrected chi connectivity index (χ2v) is 4.67. The number of amides is 1. The Morgan fingerprint density at radius 2 is 2.18 bits per heavy atom. The Morgan fingerprint density at radius 3 is 2.71 bits per heavy atom. The smallest absolute Gasteiger partial charge is 0.407 e. The summed E-state index contributed by atoms with van der Waals surface area (Å²) < 4.78 is 17.6. The van der Waals surface area contributed by atoms with Crippen LogP contribution in [0.3, 0.4) is 0 Å². The fourth-order valence-electron chi connectivity index (χ4n) is 1.18. The van der Waals surface area contributed by atoms with Gasteiger partial charge in [0.15, 0.2) is 0 Å². The molecule has 1 N–H and O–H groups in total. The van der Waals surface area contributed by atoms with Crippen molar-refractivity contribution in [2.45, 2.75) is 32.8 Å². The number of nitrogens with zero attached hydrogens (tertiary/aromatic N) is 1. The fraction of sp³-hybridized carbons (Fsp3) is 0.500. The minimum Gasteiger partial charge on any atom is -0.444 e. The van der Waals surface area contributed by atoms with Gasteiger partial charge in [0.1, 0.15) is 5.60 Å². The molecule has 17 heavy (non-hydrogen) atoms. The van der Waals surface area contributed by atoms with Gasteiger partial charge in [-0.1, -0.05) is 6.07 Å². The molecule has 0 aliphatic carbocycles. The normalized spacial score (nSPS) is 11.1. The summed E-state index contributed by atoms with van der Waals surface area (Å²) in [4.78, 5) is 14.8. The van der Waals surface area contributed by atoms with Crippen molar-refractivity contribution in [2.24, 2.45) is 0 Å². The molecule has 0 saturated carbocycles. The number of hydrogen-bond donors (Lipinski definition) is 1. The molecule has 1 aromatic rings. The maximum atomic E-state index is 12.5. The number of alkyl carbamates (subject to hydrolysis) is 1. The molecule has 0 fully saturated rings. The van der Waals surface area contributed by atoms with Crippen molar-refractivity contribution in [3.05, 3.63) is 29.8 Å². The van der Waals surface area contributed by atoms with E-state index in [9.17, 15) is 9.18 Å². The first-order valence-electron chi connectivity index (χ1n) is 5.44. The molecule has 1 aromatic heterocycles. The molecule has 1 heterocycles. The predicted octanol–water partition coefficient (Wildman–Crippen LogP) is 2.29. The standard InChI is InChI=1S/C12H17FN2O2/c1-12(2,3)17-11(16)14-7-6-9-4-5-10(13)15-8-9/h4-5,8H,6-7H2,1-3H3,(H,14,16). The minimum atomic E-state index is -0.506. The van der Waals surface area contributed by atoms with Crippen LogP contribution in [-0.2, 0) is 11.2 Å². The Labute approximate surface area is 100 Å². The Hall–Kier alpha value is -1.65. The van der Waals surface area contributed by atoms with Crippen LogP contribution < -0.4 is 5.32 Å². The SMILES string of the molecule is CC(C)(C)OC(=O)NCCc1ccc(F)nc1. The molecule has 1 amide bonds. The number of rotatable bonds is 3. The molecule has 1 rings (SSSR count). The summed E-state index contributed by atoms with van der Waals surface area (Å²) >= 11 is 0. The van der Waals surface area contributed by atoms with Crippen LogP contribution in [0, 0.1) is 5.95 Å². The van der Waals surface area contributed by atoms with E-state index in [1.165, 1.54) is 12.3 Å². The van der Waals surface area contributed by atoms with Crippen LogP contribution in [0.4, 0.5) is 9.18 Å². The molecule has 0 radical (unpaired) electrons. The van der Waals surface area contributed by atoms with E-state index in [2.05, 4.69) is 10.3 Å². The van der Waals surface area contributed by atoms with Gasteiger partial charge in [0.2, 0.25) is 5.95 Å². The van der Waals surface area contributed by atoms with Gasteiger partial charge in [0.05, 0.1) is 0 Å². The molecule has 4 nitrogen and oxygen atoms in total. The molecule has 0 atom stereocenters. The highest BCUT2D eigenvalue weighted by Crippen LogP contribution is 2.06. The average Bonchev–Trinajstić information content (AvgIpc) is 2.18. The molecule has 0 unspecified atom stereocenters. The summed E-state index contributed by atoms with van der Waals surface area (Å²) in [7, 11) is 0. The van der Waals surface area contributed by atoms with Gasteiger partial charge in [0, 0.05) is 12.7 Å². The first kappa shape index (κ1) is 13.4. The van der Waals surface area contributed by atoms with E-state index in [1.807, 2.05) is 0 Å². The maximum absolute atomic E-state index is 12.5. The number of aromatic nitrogens is 1. The van der Waals surface area contributed by atoms with Crippen LogP contribution in [0.2, 0.25) is 0 Å². The zero-order valence-corrected chi connectivity index (χ0v) is 10.3. The van der Waals surface area contributed by atoms with E-state index >= 15 is 0 Å². The van der Waals surface area contributed by atoms with E-state index in [0.29, 0.717) is 13.0 Å². The summed E-state index contributed by atoms with van der Waals surface area (Å²) in [5.41, 5.74) is 0.365. The Morgan fingerprint density at radius 1 is 1.47 bits per heavy atom. The van der Waals surface area contributed by atoms with Gasteiger partial charge in [-0.15, -0.1) is 0 Å². The molecule has 0 aliphatic heterocycles. The topological polar surface area (TPSA) is 51.2 Å². The molecule has 0 saturated heterocycles. The van der Waals surface area contributed by atoms with Crippen LogP contribution in [0.5, 0.6) is 0 Å². The van der Waals surface area contributed by atoms with Crippen molar-refractivity contribution in [3.8, 4) is 0 Å². The molecular weight excluding hydrogens is 223 g/mol. The molecule has 5 heteroatoms. The minimum absolute atomic E-state index is 0.433. The molecular formula is C12H17FN2O2. The number of carbonyl (C=O) groups is 1. The largest absolute Gasteiger partial charge is 0.444 e. The zero-order valence-electron chi connectivity index (χ0n) is 10.3. The van der Waals surface area contributed by atoms with Crippen molar-refractivity contribution in [3.63, 3.8) is 0 Å². The van der Waals surface area contributed by atoms with Crippen LogP contribution >= 0.6 is 0 Å². The summed E-state index contributed by atoms with van der Waals surface area (Å²) in [6, 6.07) is 2.93. The summed E-state index contributed by atoms with van der Waals surface area (Å²) in [6.07, 6.45) is 1.59. The first-order chi connectivity index (χ1) is 7.87. The second-order valence-electron chi connectivity index (χ2n) is 4.67. The van der Waals surface area contributed by atoms with Crippen molar-refractivity contribution in [1.29, 1.82) is 0 Å². The number of ether oxygens (including phenoxy) is 1. The second kappa shape index (κ2) is 5.61. The number of hydrogen-bond acceptors (Lipinski definition) is 3. The van der Waals surface area contributed by atoms with Crippen LogP contribution in [0.25, 0.3) is 0 Å². The van der Waals surface area contributed by atoms with Crippen LogP contribution in [0.15, 0.2) is 18.3 Å². The lowest BCUT2D eigenvalue weighted by molar-refractivity contribution is 0.0528. The highest BCUT2D eigenvalue weighted by Gasteiger charge is 2.15. The Balaban J connectivity index is 2.28. The third-order valence-corrected chi connectivity index (χ3v) is 1.87. The van der Waals surface area contributed by atoms with Crippen molar-refractivity contribution in [2.75, 3.05) is 6.54 Å². The van der Waals surface area contributed by atoms with Gasteiger partial charge in [-0.05, 0) is 38.8 Å². The lowest BCUT2D eigenvalue weighted by atomic mass is 10.2. The van der Waals surface area contributed by atoms with Gasteiger partial charge in [0.25, 0.3) is 0 Å². The van der Waals surface area contributed by atoms with Gasteiger partial charge in [-0.3, -0.25) is 0 Å². The fourth-order valence-corrected chi connectivity index (χ4v) is 1.18. The molecule has 0 bridgehead atoms. The van der Waals surface area contributed by atoms with E-state index in [-0.39, 0.29) is 0 Å². The molecule has 94 valence electrons. The maximum Gasteiger partial charge on any atom is 0.407 e. The Bertz CT molecular complexity index is 371. The summed E-state index contributed by atoms with van der Waals surface area (Å²) in [6.45, 7) is 5.84. The van der Waals surface area contributed by atoms with Crippen molar-refractivity contribution in [1.82, 2.24) is 10.3 Å². The Kier molecular flexibility index (Phi) is 4.43. The zero-order chi connectivity index (χ0) is 12.9. The highest BCUT2D eigenvalue weighted by atomic mass is 19.1. The van der Waals surface area contributed by atoms with Gasteiger partial charge in [-0.25, -0.2) is 9.78 Å². The van der Waals surface area contributed by atoms with Gasteiger partial charge in [-0.2, -0.15) is 4.39 Å². The van der Waals surface area contributed by atoms with E-state index in [0.717, 1.165) is 5.56 Å². The summed E-state index contributed by atoms with van der Waals surface area (Å²) in [5.74, 6) is -0.506. The number of nitrogens with one attached hydrogen (secondary N) is 1. The van der Waals surface area contributed by atoms with Crippen LogP contribution in [0.1, 0.15) is 26.3 Å². The summed E-state index contributed by atoms with van der Waals surface area (Å²) in [5, 5.41) is 2.62. The molecule has 0 aromatic carbocycles. The third-order valence-electron chi connectivity index (χ3n) is 1.87. The number of pyridine rings is 1. The van der Waals surface area contributed by atoms with E-state index in [1.54, 1.807) is 26.8 Å². The number of halogens is 1. The lowest BCUT2D eigenvalue weighted by Gasteiger charge is -2.19. The first-order valence-corrected chi connectivity index (χ1v) is 5.44. The highest BCUT2D eigenvalue weighted by molar-refractivity contribution is 5.67. The quantitative estimate of drug-likeness (QED) is 0.825. The average molecular weight is 240 g/mol. The molecule has 0 aliphatic rings. The van der Waals surface area contributed by atoms with Gasteiger partial charge < -0.3 is 10.1 Å². The monoisotopic (exact) mass is 240 g/mol. The lowest BCUT2D eigenvalue weighted by Crippen LogP contribution is -2.33. The van der Waals surface area contributed by atoms with Gasteiger partial charge >= 0.3 is 6.09 Å². The van der Waals surface area contributed by atoms with E-state index in [4.69, 9.17) is 4.74 Å². The van der Waals surface area contributed by atoms with Crippen molar-refractivity contribution < 1.29 is 13.9 Å². The van der Waals surface area contributed by atoms with Crippen molar-refractivity contribution >= 4 is 6.09 Å². The molecule has 0 spiro atoms.